The fraction of sp³-hybridized carbons (Fsp3) is 0.391. The second-order valence-corrected chi connectivity index (χ2v) is 7.94. The van der Waals surface area contributed by atoms with Crippen molar-refractivity contribution in [3.05, 3.63) is 65.5 Å². The van der Waals surface area contributed by atoms with E-state index in [1.165, 1.54) is 0 Å². The zero-order chi connectivity index (χ0) is 18.8. The Labute approximate surface area is 160 Å². The van der Waals surface area contributed by atoms with E-state index in [1.807, 2.05) is 24.3 Å². The molecule has 4 rings (SSSR count). The van der Waals surface area contributed by atoms with Crippen LogP contribution in [0.5, 0.6) is 0 Å². The topological polar surface area (TPSA) is 49.0 Å². The molecule has 0 bridgehead atoms. The molecule has 0 saturated carbocycles. The number of hydrogen-bond acceptors (Lipinski definition) is 3. The number of aromatic nitrogens is 2. The van der Waals surface area contributed by atoms with Gasteiger partial charge in [0.15, 0.2) is 5.78 Å². The second-order valence-electron chi connectivity index (χ2n) is 7.94. The lowest BCUT2D eigenvalue weighted by molar-refractivity contribution is 0.0812. The number of H-pyrrole nitrogens is 1. The molecule has 1 aliphatic rings. The molecule has 27 heavy (non-hydrogen) atoms. The Morgan fingerprint density at radius 3 is 2.85 bits per heavy atom. The van der Waals surface area contributed by atoms with Crippen molar-refractivity contribution in [2.45, 2.75) is 39.2 Å². The lowest BCUT2D eigenvalue weighted by Crippen LogP contribution is -2.38. The Bertz CT molecular complexity index is 938. The van der Waals surface area contributed by atoms with Crippen molar-refractivity contribution in [1.29, 1.82) is 0 Å². The van der Waals surface area contributed by atoms with Gasteiger partial charge in [-0.3, -0.25) is 14.8 Å². The average Bonchev–Trinajstić information content (AvgIpc) is 3.16. The van der Waals surface area contributed by atoms with Crippen LogP contribution in [0.4, 0.5) is 0 Å². The van der Waals surface area contributed by atoms with Crippen molar-refractivity contribution >= 4 is 16.6 Å². The molecule has 1 aliphatic heterocycles. The van der Waals surface area contributed by atoms with Gasteiger partial charge in [-0.25, -0.2) is 0 Å². The molecule has 1 saturated heterocycles. The Kier molecular flexibility index (Phi) is 5.08. The lowest BCUT2D eigenvalue weighted by atomic mass is 9.88. The van der Waals surface area contributed by atoms with Crippen LogP contribution in [0, 0.1) is 5.92 Å². The molecular formula is C23H27N3O. The zero-order valence-electron chi connectivity index (χ0n) is 16.1. The minimum absolute atomic E-state index is 0.0667. The third kappa shape index (κ3) is 3.81. The predicted molar refractivity (Wildman–Crippen MR) is 109 cm³/mol. The Hall–Kier alpha value is -2.46. The van der Waals surface area contributed by atoms with Crippen LogP contribution >= 0.6 is 0 Å². The lowest BCUT2D eigenvalue weighted by Gasteiger charge is -2.31. The summed E-state index contributed by atoms with van der Waals surface area (Å²) in [6, 6.07) is 16.4. The van der Waals surface area contributed by atoms with Crippen molar-refractivity contribution in [2.75, 3.05) is 13.1 Å². The van der Waals surface area contributed by atoms with E-state index in [-0.39, 0.29) is 11.7 Å². The number of nitrogens with zero attached hydrogens (tertiary/aromatic N) is 2. The molecule has 1 aromatic heterocycles. The van der Waals surface area contributed by atoms with E-state index in [1.54, 1.807) is 0 Å². The molecule has 1 N–H and O–H groups in total. The van der Waals surface area contributed by atoms with E-state index >= 15 is 0 Å². The van der Waals surface area contributed by atoms with Gasteiger partial charge in [0.05, 0.1) is 5.69 Å². The second kappa shape index (κ2) is 7.65. The number of benzene rings is 2. The number of carbonyl (C=O) groups is 1. The van der Waals surface area contributed by atoms with Gasteiger partial charge in [0, 0.05) is 30.3 Å². The van der Waals surface area contributed by atoms with Crippen LogP contribution < -0.4 is 0 Å². The molecule has 1 unspecified atom stereocenters. The predicted octanol–water partition coefficient (Wildman–Crippen LogP) is 4.78. The third-order valence-electron chi connectivity index (χ3n) is 5.57. The highest BCUT2D eigenvalue weighted by Gasteiger charge is 2.27. The van der Waals surface area contributed by atoms with Crippen LogP contribution in [0.2, 0.25) is 0 Å². The molecule has 0 spiro atoms. The molecule has 1 atom stereocenters. The summed E-state index contributed by atoms with van der Waals surface area (Å²) >= 11 is 0. The summed E-state index contributed by atoms with van der Waals surface area (Å²) in [5, 5.41) is 9.76. The number of ketones is 1. The van der Waals surface area contributed by atoms with Crippen LogP contribution in [0.25, 0.3) is 10.8 Å². The van der Waals surface area contributed by atoms with E-state index in [2.05, 4.69) is 53.2 Å². The Balaban J connectivity index is 1.49. The first kappa shape index (κ1) is 17.9. The molecule has 1 fully saturated rings. The maximum Gasteiger partial charge on any atom is 0.167 e. The number of nitrogens with one attached hydrogen (secondary N) is 1. The Morgan fingerprint density at radius 1 is 1.22 bits per heavy atom. The van der Waals surface area contributed by atoms with Gasteiger partial charge in [-0.1, -0.05) is 56.3 Å². The normalized spacial score (nSPS) is 18.3. The van der Waals surface area contributed by atoms with Crippen LogP contribution in [0.15, 0.2) is 48.5 Å². The smallest absolute Gasteiger partial charge is 0.167 e. The summed E-state index contributed by atoms with van der Waals surface area (Å²) < 4.78 is 0. The van der Waals surface area contributed by atoms with E-state index in [0.717, 1.165) is 60.2 Å². The summed E-state index contributed by atoms with van der Waals surface area (Å²) in [4.78, 5) is 15.6. The van der Waals surface area contributed by atoms with Crippen molar-refractivity contribution in [2.24, 2.45) is 5.92 Å². The summed E-state index contributed by atoms with van der Waals surface area (Å²) in [6.45, 7) is 6.99. The van der Waals surface area contributed by atoms with Gasteiger partial charge < -0.3 is 0 Å². The van der Waals surface area contributed by atoms with Gasteiger partial charge in [0.2, 0.25) is 0 Å². The van der Waals surface area contributed by atoms with Crippen molar-refractivity contribution < 1.29 is 4.79 Å². The summed E-state index contributed by atoms with van der Waals surface area (Å²) in [6.07, 6.45) is 2.03. The molecular weight excluding hydrogens is 334 g/mol. The average molecular weight is 361 g/mol. The third-order valence-corrected chi connectivity index (χ3v) is 5.57. The Morgan fingerprint density at radius 2 is 2.04 bits per heavy atom. The molecule has 0 aliphatic carbocycles. The van der Waals surface area contributed by atoms with Crippen molar-refractivity contribution in [1.82, 2.24) is 15.1 Å². The molecule has 2 heterocycles. The maximum atomic E-state index is 13.3. The summed E-state index contributed by atoms with van der Waals surface area (Å²) in [5.74, 6) is 0.776. The molecule has 140 valence electrons. The fourth-order valence-electron chi connectivity index (χ4n) is 4.07. The molecule has 4 heteroatoms. The first-order valence-electron chi connectivity index (χ1n) is 9.90. The van der Waals surface area contributed by atoms with Gasteiger partial charge in [0.25, 0.3) is 0 Å². The van der Waals surface area contributed by atoms with E-state index in [4.69, 9.17) is 0 Å². The molecule has 0 amide bonds. The zero-order valence-corrected chi connectivity index (χ0v) is 16.1. The van der Waals surface area contributed by atoms with Crippen LogP contribution in [0.1, 0.15) is 54.4 Å². The largest absolute Gasteiger partial charge is 0.297 e. The highest BCUT2D eigenvalue weighted by molar-refractivity contribution is 6.09. The number of carbonyl (C=O) groups excluding carboxylic acids is 1. The van der Waals surface area contributed by atoms with Crippen molar-refractivity contribution in [3.8, 4) is 0 Å². The number of piperidine rings is 1. The monoisotopic (exact) mass is 361 g/mol. The fourth-order valence-corrected chi connectivity index (χ4v) is 4.07. The van der Waals surface area contributed by atoms with Crippen molar-refractivity contribution in [3.63, 3.8) is 0 Å². The number of hydrogen-bond donors (Lipinski definition) is 1. The standard InChI is InChI=1S/C23H27N3O/c1-16(2)22-13-19(24-25-22)15-26-12-6-9-18(14-26)23(27)21-11-5-8-17-7-3-4-10-20(17)21/h3-5,7-8,10-11,13,16,18H,6,9,12,14-15H2,1-2H3,(H,24,25). The first-order valence-corrected chi connectivity index (χ1v) is 9.90. The van der Waals surface area contributed by atoms with Crippen LogP contribution in [-0.4, -0.2) is 34.0 Å². The number of Topliss-reactive ketones (excluding diaryl/α,β-unsaturated/α-hetero) is 1. The van der Waals surface area contributed by atoms with Gasteiger partial charge in [-0.2, -0.15) is 5.10 Å². The highest BCUT2D eigenvalue weighted by atomic mass is 16.1. The summed E-state index contributed by atoms with van der Waals surface area (Å²) in [7, 11) is 0. The van der Waals surface area contributed by atoms with E-state index in [0.29, 0.717) is 5.92 Å². The van der Waals surface area contributed by atoms with Gasteiger partial charge >= 0.3 is 0 Å². The number of likely N-dealkylation sites (tertiary alicyclic amines) is 1. The number of aromatic amines is 1. The number of rotatable bonds is 5. The van der Waals surface area contributed by atoms with Crippen LogP contribution in [0.3, 0.4) is 0 Å². The summed E-state index contributed by atoms with van der Waals surface area (Å²) in [5.41, 5.74) is 3.10. The minimum Gasteiger partial charge on any atom is -0.297 e. The minimum atomic E-state index is 0.0667. The van der Waals surface area contributed by atoms with Gasteiger partial charge in [0.1, 0.15) is 0 Å². The SMILES string of the molecule is CC(C)c1cc(CN2CCCC(C(=O)c3cccc4ccccc34)C2)[nH]n1. The number of fused-ring (bicyclic) bond motifs is 1. The molecule has 3 aromatic rings. The van der Waals surface area contributed by atoms with E-state index < -0.39 is 0 Å². The first-order chi connectivity index (χ1) is 13.1. The van der Waals surface area contributed by atoms with Gasteiger partial charge in [-0.05, 0) is 42.1 Å². The molecule has 2 aromatic carbocycles. The highest BCUT2D eigenvalue weighted by Crippen LogP contribution is 2.26. The molecule has 4 nitrogen and oxygen atoms in total. The van der Waals surface area contributed by atoms with E-state index in [9.17, 15) is 4.79 Å². The maximum absolute atomic E-state index is 13.3. The quantitative estimate of drug-likeness (QED) is 0.665. The van der Waals surface area contributed by atoms with Crippen LogP contribution in [-0.2, 0) is 6.54 Å². The van der Waals surface area contributed by atoms with Gasteiger partial charge in [-0.15, -0.1) is 0 Å². The molecule has 0 radical (unpaired) electrons.